The van der Waals surface area contributed by atoms with Crippen LogP contribution in [-0.4, -0.2) is 52.0 Å². The van der Waals surface area contributed by atoms with E-state index in [-0.39, 0.29) is 35.5 Å². The van der Waals surface area contributed by atoms with Gasteiger partial charge in [0.25, 0.3) is 0 Å². The topological polar surface area (TPSA) is 119 Å². The van der Waals surface area contributed by atoms with Gasteiger partial charge >= 0.3 is 5.97 Å². The molecule has 9 nitrogen and oxygen atoms in total. The minimum absolute atomic E-state index is 0.00807. The second-order valence-electron chi connectivity index (χ2n) is 14.9. The number of H-pyrrole nitrogens is 2. The van der Waals surface area contributed by atoms with Crippen LogP contribution in [0.4, 0.5) is 0 Å². The van der Waals surface area contributed by atoms with Crippen molar-refractivity contribution in [2.24, 2.45) is 0 Å². The Bertz CT molecular complexity index is 2350. The van der Waals surface area contributed by atoms with E-state index in [4.69, 9.17) is 24.2 Å². The highest BCUT2D eigenvalue weighted by atomic mass is 16.5. The number of aryl methyl sites for hydroxylation is 2. The van der Waals surface area contributed by atoms with Crippen molar-refractivity contribution in [2.75, 3.05) is 14.2 Å². The molecule has 8 bridgehead atoms. The molecule has 54 heavy (non-hydrogen) atoms. The third-order valence-corrected chi connectivity index (χ3v) is 11.6. The Hall–Kier alpha value is -5.28. The van der Waals surface area contributed by atoms with Crippen molar-refractivity contribution in [2.45, 2.75) is 98.7 Å². The fraction of sp³-hybridized carbons (Fsp3) is 0.378. The molecule has 1 aliphatic carbocycles. The first-order valence-electron chi connectivity index (χ1n) is 19.0. The maximum Gasteiger partial charge on any atom is 0.305 e. The number of allylic oxidation sites excluding steroid dienone is 4. The largest absolute Gasteiger partial charge is 0.493 e. The van der Waals surface area contributed by atoms with Crippen molar-refractivity contribution in [1.82, 2.24) is 19.9 Å². The molecule has 0 saturated carbocycles. The fourth-order valence-corrected chi connectivity index (χ4v) is 8.42. The van der Waals surface area contributed by atoms with Crippen molar-refractivity contribution >= 4 is 51.2 Å². The molecule has 0 amide bonds. The number of aromatic nitrogens is 4. The average Bonchev–Trinajstić information content (AvgIpc) is 3.83. The van der Waals surface area contributed by atoms with Gasteiger partial charge < -0.3 is 24.2 Å². The maximum atomic E-state index is 14.3. The summed E-state index contributed by atoms with van der Waals surface area (Å²) in [4.78, 5) is 44.4. The number of methoxy groups -OCH3 is 2. The van der Waals surface area contributed by atoms with Crippen LogP contribution in [0.15, 0.2) is 48.2 Å². The number of esters is 1. The van der Waals surface area contributed by atoms with Gasteiger partial charge in [0.2, 0.25) is 5.78 Å². The number of carbonyl (C=O) groups is 2. The summed E-state index contributed by atoms with van der Waals surface area (Å²) < 4.78 is 17.2. The van der Waals surface area contributed by atoms with Crippen LogP contribution >= 0.6 is 0 Å². The molecular formula is C45H50N4O5. The summed E-state index contributed by atoms with van der Waals surface area (Å²) >= 11 is 0. The maximum absolute atomic E-state index is 14.3. The Morgan fingerprint density at radius 2 is 1.70 bits per heavy atom. The van der Waals surface area contributed by atoms with Gasteiger partial charge in [0, 0.05) is 46.3 Å². The fourth-order valence-electron chi connectivity index (χ4n) is 8.42. The van der Waals surface area contributed by atoms with Crippen LogP contribution < -0.4 is 0 Å². The van der Waals surface area contributed by atoms with Crippen LogP contribution in [-0.2, 0) is 25.6 Å². The van der Waals surface area contributed by atoms with Crippen molar-refractivity contribution in [1.29, 1.82) is 0 Å². The lowest BCUT2D eigenvalue weighted by molar-refractivity contribution is -0.140. The Morgan fingerprint density at radius 3 is 2.43 bits per heavy atom. The van der Waals surface area contributed by atoms with Gasteiger partial charge in [0.15, 0.2) is 5.76 Å². The number of benzene rings is 1. The van der Waals surface area contributed by atoms with Crippen LogP contribution in [0, 0.1) is 13.8 Å². The van der Waals surface area contributed by atoms with Crippen LogP contribution in [0.25, 0.3) is 39.4 Å². The van der Waals surface area contributed by atoms with Gasteiger partial charge in [-0.2, -0.15) is 0 Å². The molecule has 3 aromatic rings. The van der Waals surface area contributed by atoms with E-state index in [1.54, 1.807) is 0 Å². The number of hydrogen-bond donors (Lipinski definition) is 2. The van der Waals surface area contributed by atoms with Gasteiger partial charge in [-0.15, -0.1) is 0 Å². The van der Waals surface area contributed by atoms with E-state index in [9.17, 15) is 9.59 Å². The van der Waals surface area contributed by atoms with Crippen LogP contribution in [0.5, 0.6) is 0 Å². The summed E-state index contributed by atoms with van der Waals surface area (Å²) in [6, 6.07) is 14.7. The van der Waals surface area contributed by atoms with Gasteiger partial charge in [0.05, 0.1) is 60.8 Å². The third kappa shape index (κ3) is 6.59. The normalized spacial score (nSPS) is 17.8. The molecule has 2 aromatic heterocycles. The zero-order valence-corrected chi connectivity index (χ0v) is 32.8. The molecule has 5 heterocycles. The number of rotatable bonds is 10. The van der Waals surface area contributed by atoms with E-state index in [0.29, 0.717) is 31.4 Å². The first-order valence-corrected chi connectivity index (χ1v) is 19.0. The molecule has 9 heteroatoms. The van der Waals surface area contributed by atoms with Crippen molar-refractivity contribution in [3.63, 3.8) is 0 Å². The number of hydrogen-bond acceptors (Lipinski definition) is 7. The molecule has 3 atom stereocenters. The van der Waals surface area contributed by atoms with Gasteiger partial charge in [-0.05, 0) is 106 Å². The first-order chi connectivity index (χ1) is 25.9. The number of nitrogens with one attached hydrogen (secondary N) is 2. The number of Topliss-reactive ketones (excluding diaryl/α,β-unsaturated/α-hetero) is 1. The summed E-state index contributed by atoms with van der Waals surface area (Å²) in [6.07, 6.45) is 3.98. The number of ketones is 1. The molecule has 3 aliphatic heterocycles. The summed E-state index contributed by atoms with van der Waals surface area (Å²) in [6.45, 7) is 15.3. The number of carbonyl (C=O) groups excluding carboxylic acids is 2. The Labute approximate surface area is 317 Å². The SMILES string of the molecule is CCC1=C(C)c2cc3nc(cc4[nH]c(c5c6[nH]c(cc1n2)c(C)c6C=C(OC)C5=O)[C@@H](CCCC(=O)OC)[C@@H]4C)C(C)=C3C(C)OCc1cccc(C)c1. The van der Waals surface area contributed by atoms with Gasteiger partial charge in [-0.25, -0.2) is 9.97 Å². The molecule has 0 radical (unpaired) electrons. The molecule has 0 fully saturated rings. The minimum Gasteiger partial charge on any atom is -0.493 e. The molecule has 2 N–H and O–H groups in total. The highest BCUT2D eigenvalue weighted by molar-refractivity contribution is 6.19. The Balaban J connectivity index is 1.49. The quantitative estimate of drug-likeness (QED) is 0.200. The number of aromatic amines is 2. The molecule has 7 rings (SSSR count). The molecule has 4 aliphatic rings. The van der Waals surface area contributed by atoms with Crippen molar-refractivity contribution in [3.8, 4) is 0 Å². The Kier molecular flexibility index (Phi) is 10.2. The van der Waals surface area contributed by atoms with E-state index >= 15 is 0 Å². The van der Waals surface area contributed by atoms with Gasteiger partial charge in [0.1, 0.15) is 0 Å². The molecule has 0 saturated heterocycles. The molecule has 0 spiro atoms. The van der Waals surface area contributed by atoms with Crippen molar-refractivity contribution < 1.29 is 23.8 Å². The highest BCUT2D eigenvalue weighted by Crippen LogP contribution is 2.45. The van der Waals surface area contributed by atoms with Crippen LogP contribution in [0.1, 0.15) is 139 Å². The summed E-state index contributed by atoms with van der Waals surface area (Å²) in [5.74, 6) is -0.240. The second kappa shape index (κ2) is 14.9. The van der Waals surface area contributed by atoms with E-state index in [1.165, 1.54) is 19.8 Å². The monoisotopic (exact) mass is 726 g/mol. The zero-order chi connectivity index (χ0) is 38.4. The van der Waals surface area contributed by atoms with E-state index in [1.807, 2.05) is 6.08 Å². The molecule has 1 aromatic carbocycles. The van der Waals surface area contributed by atoms with Crippen LogP contribution in [0.3, 0.4) is 0 Å². The summed E-state index contributed by atoms with van der Waals surface area (Å²) in [5.41, 5.74) is 16.0. The number of ether oxygens (including phenoxy) is 3. The lowest BCUT2D eigenvalue weighted by atomic mass is 9.83. The predicted molar refractivity (Wildman–Crippen MR) is 214 cm³/mol. The summed E-state index contributed by atoms with van der Waals surface area (Å²) in [7, 11) is 2.95. The van der Waals surface area contributed by atoms with E-state index in [2.05, 4.69) is 101 Å². The van der Waals surface area contributed by atoms with Crippen molar-refractivity contribution in [3.05, 3.63) is 110 Å². The predicted octanol–water partition coefficient (Wildman–Crippen LogP) is 9.94. The third-order valence-electron chi connectivity index (χ3n) is 11.6. The zero-order valence-electron chi connectivity index (χ0n) is 32.8. The number of fused-ring (bicyclic) bond motifs is 8. The van der Waals surface area contributed by atoms with Crippen LogP contribution in [0.2, 0.25) is 0 Å². The minimum atomic E-state index is -0.250. The van der Waals surface area contributed by atoms with E-state index in [0.717, 1.165) is 90.6 Å². The lowest BCUT2D eigenvalue weighted by Gasteiger charge is -2.20. The van der Waals surface area contributed by atoms with Gasteiger partial charge in [-0.3, -0.25) is 9.59 Å². The van der Waals surface area contributed by atoms with E-state index < -0.39 is 0 Å². The lowest BCUT2D eigenvalue weighted by Crippen LogP contribution is -2.15. The number of nitrogens with zero attached hydrogens (tertiary/aromatic N) is 2. The first kappa shape index (κ1) is 37.1. The molecule has 1 unspecified atom stereocenters. The second-order valence-corrected chi connectivity index (χ2v) is 14.9. The highest BCUT2D eigenvalue weighted by Gasteiger charge is 2.36. The standard InChI is InChI=1S/C45H50N4O5/c1-10-30-24(3)33-21-38-41(28(7)54-22-29-14-11-13-23(2)17-29)27(6)36(47-38)19-34-25(4)31(15-12-16-40(50)53-9)43(48-34)42-44-32(18-39(52-8)45(42)51)26(5)35(49-44)20-37(30)46-33/h11,13-14,17-21,25,28,31,48-49H,10,12,15-16,22H2,1-9H3/t25-,28?,31-/m0/s1. The summed E-state index contributed by atoms with van der Waals surface area (Å²) in [5, 5.41) is 0. The van der Waals surface area contributed by atoms with Gasteiger partial charge in [-0.1, -0.05) is 43.7 Å². The smallest absolute Gasteiger partial charge is 0.305 e. The molecule has 280 valence electrons. The molecular weight excluding hydrogens is 677 g/mol. The average molecular weight is 727 g/mol. The Morgan fingerprint density at radius 1 is 0.944 bits per heavy atom.